The summed E-state index contributed by atoms with van der Waals surface area (Å²) >= 11 is 0. The molecular formula is C20H23N4+. The Morgan fingerprint density at radius 1 is 1.08 bits per heavy atom. The minimum atomic E-state index is 0.664. The van der Waals surface area contributed by atoms with Crippen molar-refractivity contribution in [3.05, 3.63) is 66.1 Å². The molecular weight excluding hydrogens is 296 g/mol. The molecule has 3 heterocycles. The molecule has 0 saturated carbocycles. The van der Waals surface area contributed by atoms with Gasteiger partial charge in [0.2, 0.25) is 0 Å². The molecule has 0 amide bonds. The van der Waals surface area contributed by atoms with Gasteiger partial charge in [-0.2, -0.15) is 0 Å². The first-order valence-electron chi connectivity index (χ1n) is 8.58. The Labute approximate surface area is 142 Å². The number of aryl methyl sites for hydroxylation is 1. The fraction of sp³-hybridized carbons (Fsp3) is 0.300. The van der Waals surface area contributed by atoms with Crippen LogP contribution in [0.2, 0.25) is 0 Å². The molecule has 1 aliphatic heterocycles. The molecule has 1 saturated heterocycles. The Morgan fingerprint density at radius 2 is 1.83 bits per heavy atom. The van der Waals surface area contributed by atoms with Crippen LogP contribution in [0.4, 0.5) is 0 Å². The third-order valence-electron chi connectivity index (χ3n) is 4.86. The summed E-state index contributed by atoms with van der Waals surface area (Å²) < 4.78 is 4.36. The lowest BCUT2D eigenvalue weighted by molar-refractivity contribution is -0.670. The van der Waals surface area contributed by atoms with Crippen LogP contribution in [0.3, 0.4) is 0 Å². The summed E-state index contributed by atoms with van der Waals surface area (Å²) in [5.41, 5.74) is 3.52. The van der Waals surface area contributed by atoms with E-state index >= 15 is 0 Å². The first-order valence-corrected chi connectivity index (χ1v) is 8.58. The van der Waals surface area contributed by atoms with Crippen molar-refractivity contribution in [1.29, 1.82) is 5.41 Å². The molecule has 4 heteroatoms. The Balaban J connectivity index is 1.54. The number of likely N-dealkylation sites (tertiary alicyclic amines) is 1. The van der Waals surface area contributed by atoms with E-state index < -0.39 is 0 Å². The summed E-state index contributed by atoms with van der Waals surface area (Å²) in [6, 6.07) is 12.8. The lowest BCUT2D eigenvalue weighted by atomic mass is 10.1. The topological polar surface area (TPSA) is 35.9 Å². The molecule has 2 aromatic heterocycles. The van der Waals surface area contributed by atoms with Gasteiger partial charge in [-0.1, -0.05) is 24.3 Å². The first-order chi connectivity index (χ1) is 11.7. The number of pyridine rings is 1. The second-order valence-electron chi connectivity index (χ2n) is 6.63. The summed E-state index contributed by atoms with van der Waals surface area (Å²) in [5, 5.41) is 9.61. The van der Waals surface area contributed by atoms with Crippen LogP contribution in [-0.4, -0.2) is 28.4 Å². The largest absolute Gasteiger partial charge is 0.357 e. The van der Waals surface area contributed by atoms with Gasteiger partial charge in [-0.15, -0.1) is 0 Å². The second kappa shape index (κ2) is 6.11. The Morgan fingerprint density at radius 3 is 2.58 bits per heavy atom. The SMILES string of the molecule is C[n+]1ccc2ccn(Cc3ccc(C(=N)N4CCCC4)cc3)c2c1. The van der Waals surface area contributed by atoms with Crippen LogP contribution in [0.25, 0.3) is 10.9 Å². The number of nitrogens with one attached hydrogen (secondary N) is 1. The van der Waals surface area contributed by atoms with Crippen LogP contribution in [-0.2, 0) is 13.6 Å². The van der Waals surface area contributed by atoms with Gasteiger partial charge in [-0.3, -0.25) is 5.41 Å². The second-order valence-corrected chi connectivity index (χ2v) is 6.63. The molecule has 0 unspecified atom stereocenters. The van der Waals surface area contributed by atoms with Gasteiger partial charge < -0.3 is 9.47 Å². The van der Waals surface area contributed by atoms with Crippen molar-refractivity contribution >= 4 is 16.7 Å². The van der Waals surface area contributed by atoms with E-state index in [1.807, 2.05) is 0 Å². The fourth-order valence-electron chi connectivity index (χ4n) is 3.45. The molecule has 3 aromatic rings. The Kier molecular flexibility index (Phi) is 3.81. The average molecular weight is 319 g/mol. The van der Waals surface area contributed by atoms with Crippen molar-refractivity contribution in [2.75, 3.05) is 13.1 Å². The van der Waals surface area contributed by atoms with Crippen LogP contribution in [0.1, 0.15) is 24.0 Å². The third kappa shape index (κ3) is 2.80. The van der Waals surface area contributed by atoms with Gasteiger partial charge in [0, 0.05) is 42.8 Å². The van der Waals surface area contributed by atoms with Crippen molar-refractivity contribution in [1.82, 2.24) is 9.47 Å². The smallest absolute Gasteiger partial charge is 0.193 e. The Bertz CT molecular complexity index is 870. The maximum absolute atomic E-state index is 8.34. The summed E-state index contributed by atoms with van der Waals surface area (Å²) in [7, 11) is 2.05. The van der Waals surface area contributed by atoms with Crippen molar-refractivity contribution in [3.8, 4) is 0 Å². The molecule has 24 heavy (non-hydrogen) atoms. The van der Waals surface area contributed by atoms with E-state index in [4.69, 9.17) is 5.41 Å². The lowest BCUT2D eigenvalue weighted by Gasteiger charge is -2.18. The van der Waals surface area contributed by atoms with Gasteiger partial charge in [0.05, 0.1) is 0 Å². The number of hydrogen-bond donors (Lipinski definition) is 1. The lowest BCUT2D eigenvalue weighted by Crippen LogP contribution is -2.27. The first kappa shape index (κ1) is 14.9. The monoisotopic (exact) mass is 319 g/mol. The summed E-state index contributed by atoms with van der Waals surface area (Å²) in [5.74, 6) is 0.664. The average Bonchev–Trinajstić information content (AvgIpc) is 3.25. The highest BCUT2D eigenvalue weighted by Gasteiger charge is 2.16. The normalized spacial score (nSPS) is 14.5. The number of benzene rings is 1. The molecule has 4 nitrogen and oxygen atoms in total. The number of amidine groups is 1. The number of rotatable bonds is 3. The zero-order chi connectivity index (χ0) is 16.5. The van der Waals surface area contributed by atoms with Crippen LogP contribution >= 0.6 is 0 Å². The number of fused-ring (bicyclic) bond motifs is 1. The van der Waals surface area contributed by atoms with Crippen LogP contribution in [0, 0.1) is 5.41 Å². The number of hydrogen-bond acceptors (Lipinski definition) is 1. The van der Waals surface area contributed by atoms with Gasteiger partial charge in [0.15, 0.2) is 12.4 Å². The molecule has 1 aromatic carbocycles. The molecule has 1 aliphatic rings. The molecule has 0 radical (unpaired) electrons. The van der Waals surface area contributed by atoms with Crippen LogP contribution in [0.5, 0.6) is 0 Å². The maximum Gasteiger partial charge on any atom is 0.193 e. The van der Waals surface area contributed by atoms with Gasteiger partial charge in [0.1, 0.15) is 18.4 Å². The number of nitrogens with zero attached hydrogens (tertiary/aromatic N) is 3. The minimum absolute atomic E-state index is 0.664. The molecule has 0 spiro atoms. The van der Waals surface area contributed by atoms with E-state index in [-0.39, 0.29) is 0 Å². The molecule has 1 N–H and O–H groups in total. The van der Waals surface area contributed by atoms with E-state index in [0.29, 0.717) is 5.84 Å². The molecule has 122 valence electrons. The van der Waals surface area contributed by atoms with Gasteiger partial charge in [0.25, 0.3) is 0 Å². The highest BCUT2D eigenvalue weighted by Crippen LogP contribution is 2.17. The number of aromatic nitrogens is 2. The van der Waals surface area contributed by atoms with Crippen LogP contribution < -0.4 is 4.57 Å². The zero-order valence-corrected chi connectivity index (χ0v) is 14.1. The zero-order valence-electron chi connectivity index (χ0n) is 14.1. The standard InChI is InChI=1S/C20H23N4/c1-22-12-8-17-9-13-24(19(17)15-22)14-16-4-6-18(7-5-16)20(21)23-10-2-3-11-23/h4-9,12-13,15,21H,2-3,10-11,14H2,1H3/q+1. The summed E-state index contributed by atoms with van der Waals surface area (Å²) in [4.78, 5) is 2.18. The Hall–Kier alpha value is -2.62. The maximum atomic E-state index is 8.34. The summed E-state index contributed by atoms with van der Waals surface area (Å²) in [6.45, 7) is 2.89. The van der Waals surface area contributed by atoms with Crippen molar-refractivity contribution < 1.29 is 4.57 Å². The molecule has 0 bridgehead atoms. The molecule has 0 aliphatic carbocycles. The van der Waals surface area contributed by atoms with E-state index in [1.165, 1.54) is 29.3 Å². The van der Waals surface area contributed by atoms with E-state index in [9.17, 15) is 0 Å². The van der Waals surface area contributed by atoms with E-state index in [2.05, 4.69) is 76.1 Å². The molecule has 4 rings (SSSR count). The van der Waals surface area contributed by atoms with Crippen molar-refractivity contribution in [2.45, 2.75) is 19.4 Å². The minimum Gasteiger partial charge on any atom is -0.357 e. The van der Waals surface area contributed by atoms with E-state index in [0.717, 1.165) is 25.2 Å². The molecule has 0 atom stereocenters. The van der Waals surface area contributed by atoms with Gasteiger partial charge in [-0.05, 0) is 24.5 Å². The predicted molar refractivity (Wildman–Crippen MR) is 96.3 cm³/mol. The fourth-order valence-corrected chi connectivity index (χ4v) is 3.45. The van der Waals surface area contributed by atoms with Crippen LogP contribution in [0.15, 0.2) is 55.0 Å². The summed E-state index contributed by atoms with van der Waals surface area (Å²) in [6.07, 6.45) is 8.79. The van der Waals surface area contributed by atoms with Gasteiger partial charge >= 0.3 is 0 Å². The molecule has 1 fully saturated rings. The van der Waals surface area contributed by atoms with Crippen molar-refractivity contribution in [2.24, 2.45) is 7.05 Å². The van der Waals surface area contributed by atoms with Gasteiger partial charge in [-0.25, -0.2) is 4.57 Å². The third-order valence-corrected chi connectivity index (χ3v) is 4.86. The quantitative estimate of drug-likeness (QED) is 0.450. The van der Waals surface area contributed by atoms with Crippen molar-refractivity contribution in [3.63, 3.8) is 0 Å². The predicted octanol–water partition coefficient (Wildman–Crippen LogP) is 2.94. The highest BCUT2D eigenvalue weighted by molar-refractivity contribution is 5.96. The van der Waals surface area contributed by atoms with E-state index in [1.54, 1.807) is 0 Å². The highest BCUT2D eigenvalue weighted by atomic mass is 15.2.